The first-order chi connectivity index (χ1) is 7.57. The van der Waals surface area contributed by atoms with E-state index in [9.17, 15) is 14.4 Å². The van der Waals surface area contributed by atoms with Gasteiger partial charge in [-0.25, -0.2) is 4.79 Å². The van der Waals surface area contributed by atoms with E-state index in [1.54, 1.807) is 0 Å². The lowest BCUT2D eigenvalue weighted by Gasteiger charge is -2.03. The topological polar surface area (TPSA) is 109 Å². The molecule has 0 saturated carbocycles. The van der Waals surface area contributed by atoms with Crippen molar-refractivity contribution < 1.29 is 19.5 Å². The van der Waals surface area contributed by atoms with Gasteiger partial charge >= 0.3 is 5.97 Å². The van der Waals surface area contributed by atoms with Crippen molar-refractivity contribution in [1.29, 1.82) is 0 Å². The lowest BCUT2D eigenvalue weighted by molar-refractivity contribution is -0.149. The smallest absolute Gasteiger partial charge is 0.372 e. The van der Waals surface area contributed by atoms with Gasteiger partial charge in [-0.15, -0.1) is 0 Å². The molecule has 0 aromatic rings. The highest BCUT2D eigenvalue weighted by atomic mass is 32.2. The van der Waals surface area contributed by atoms with Crippen LogP contribution in [0.25, 0.3) is 0 Å². The van der Waals surface area contributed by atoms with Crippen LogP contribution in [-0.4, -0.2) is 35.1 Å². The molecule has 0 aliphatic heterocycles. The Morgan fingerprint density at radius 1 is 1.19 bits per heavy atom. The molecule has 92 valence electrons. The van der Waals surface area contributed by atoms with E-state index in [2.05, 4.69) is 5.32 Å². The Kier molecular flexibility index (Phi) is 8.55. The van der Waals surface area contributed by atoms with Crippen molar-refractivity contribution in [2.24, 2.45) is 5.14 Å². The first-order valence-corrected chi connectivity index (χ1v) is 5.97. The van der Waals surface area contributed by atoms with Crippen LogP contribution in [0.4, 0.5) is 0 Å². The number of carboxylic acids is 1. The molecule has 4 N–H and O–H groups in total. The Balaban J connectivity index is 3.44. The molecule has 0 atom stereocenters. The molecule has 0 fully saturated rings. The van der Waals surface area contributed by atoms with Gasteiger partial charge in [0.1, 0.15) is 0 Å². The zero-order valence-corrected chi connectivity index (χ0v) is 9.72. The summed E-state index contributed by atoms with van der Waals surface area (Å²) in [5, 5.41) is 16.1. The highest BCUT2D eigenvalue weighted by Gasteiger charge is 2.11. The van der Waals surface area contributed by atoms with E-state index < -0.39 is 11.8 Å². The number of carbonyl (C=O) groups excluding carboxylic acids is 2. The zero-order chi connectivity index (χ0) is 12.4. The average molecular weight is 248 g/mol. The predicted molar refractivity (Wildman–Crippen MR) is 60.8 cm³/mol. The average Bonchev–Trinajstić information content (AvgIpc) is 2.24. The third-order valence-corrected chi connectivity index (χ3v) is 2.33. The summed E-state index contributed by atoms with van der Waals surface area (Å²) in [5.74, 6) is -1.69. The van der Waals surface area contributed by atoms with Crippen LogP contribution in [0, 0.1) is 0 Å². The molecule has 6 nitrogen and oxygen atoms in total. The highest BCUT2D eigenvalue weighted by Crippen LogP contribution is 1.97. The van der Waals surface area contributed by atoms with Gasteiger partial charge in [0.2, 0.25) is 11.7 Å². The van der Waals surface area contributed by atoms with Crippen LogP contribution in [-0.2, 0) is 14.4 Å². The molecule has 0 aliphatic carbocycles. The number of ketones is 1. The van der Waals surface area contributed by atoms with Crippen LogP contribution < -0.4 is 10.5 Å². The molecule has 0 aliphatic rings. The Labute approximate surface area is 98.1 Å². The Morgan fingerprint density at radius 2 is 1.88 bits per heavy atom. The number of carboxylic acid groups (broad SMARTS) is 1. The van der Waals surface area contributed by atoms with Crippen molar-refractivity contribution in [3.63, 3.8) is 0 Å². The van der Waals surface area contributed by atoms with Gasteiger partial charge in [0.05, 0.1) is 0 Å². The first kappa shape index (κ1) is 14.9. The number of amides is 1. The van der Waals surface area contributed by atoms with Crippen LogP contribution in [0.3, 0.4) is 0 Å². The minimum Gasteiger partial charge on any atom is -0.476 e. The molecule has 0 aromatic carbocycles. The van der Waals surface area contributed by atoms with Gasteiger partial charge in [-0.1, -0.05) is 11.9 Å². The molecule has 0 rings (SSSR count). The highest BCUT2D eigenvalue weighted by molar-refractivity contribution is 7.97. The normalized spacial score (nSPS) is 9.81. The molecular formula is C9H16N2O4S. The van der Waals surface area contributed by atoms with Crippen LogP contribution in [0.1, 0.15) is 25.7 Å². The van der Waals surface area contributed by atoms with Gasteiger partial charge in [0.15, 0.2) is 0 Å². The SMILES string of the molecule is NSCCCNC(=O)CCCC(=O)C(=O)O. The molecule has 1 amide bonds. The number of carbonyl (C=O) groups is 3. The molecular weight excluding hydrogens is 232 g/mol. The maximum atomic E-state index is 11.1. The molecule has 0 heterocycles. The van der Waals surface area contributed by atoms with Crippen molar-refractivity contribution in [3.05, 3.63) is 0 Å². The van der Waals surface area contributed by atoms with Gasteiger partial charge in [-0.3, -0.25) is 14.7 Å². The molecule has 0 unspecified atom stereocenters. The first-order valence-electron chi connectivity index (χ1n) is 4.92. The quantitative estimate of drug-likeness (QED) is 0.299. The minimum atomic E-state index is -1.44. The van der Waals surface area contributed by atoms with Crippen molar-refractivity contribution >= 4 is 29.6 Å². The van der Waals surface area contributed by atoms with Gasteiger partial charge in [0.25, 0.3) is 0 Å². The molecule has 0 spiro atoms. The monoisotopic (exact) mass is 248 g/mol. The van der Waals surface area contributed by atoms with Gasteiger partial charge in [-0.05, 0) is 12.8 Å². The van der Waals surface area contributed by atoms with Crippen LogP contribution in [0.5, 0.6) is 0 Å². The van der Waals surface area contributed by atoms with Gasteiger partial charge in [0, 0.05) is 25.1 Å². The summed E-state index contributed by atoms with van der Waals surface area (Å²) in [6, 6.07) is 0. The number of nitrogens with one attached hydrogen (secondary N) is 1. The summed E-state index contributed by atoms with van der Waals surface area (Å²) in [5.41, 5.74) is 0. The summed E-state index contributed by atoms with van der Waals surface area (Å²) >= 11 is 1.22. The summed E-state index contributed by atoms with van der Waals surface area (Å²) < 4.78 is 0. The van der Waals surface area contributed by atoms with Crippen molar-refractivity contribution in [2.75, 3.05) is 12.3 Å². The number of hydrogen-bond acceptors (Lipinski definition) is 5. The fourth-order valence-corrected chi connectivity index (χ4v) is 1.30. The number of Topliss-reactive ketones (excluding diaryl/α,β-unsaturated/α-hetero) is 1. The summed E-state index contributed by atoms with van der Waals surface area (Å²) in [6.45, 7) is 0.551. The molecule has 16 heavy (non-hydrogen) atoms. The molecule has 0 bridgehead atoms. The van der Waals surface area contributed by atoms with Crippen LogP contribution in [0.2, 0.25) is 0 Å². The summed E-state index contributed by atoms with van der Waals surface area (Å²) in [6.07, 6.45) is 1.14. The van der Waals surface area contributed by atoms with E-state index >= 15 is 0 Å². The summed E-state index contributed by atoms with van der Waals surface area (Å²) in [4.78, 5) is 32.0. The van der Waals surface area contributed by atoms with Gasteiger partial charge in [-0.2, -0.15) is 0 Å². The van der Waals surface area contributed by atoms with E-state index in [0.717, 1.165) is 12.2 Å². The maximum Gasteiger partial charge on any atom is 0.372 e. The maximum absolute atomic E-state index is 11.1. The largest absolute Gasteiger partial charge is 0.476 e. The molecule has 0 radical (unpaired) electrons. The third-order valence-electron chi connectivity index (χ3n) is 1.81. The summed E-state index contributed by atoms with van der Waals surface area (Å²) in [7, 11) is 0. The Hall–Kier alpha value is -1.08. The van der Waals surface area contributed by atoms with Gasteiger partial charge < -0.3 is 10.4 Å². The second-order valence-corrected chi connectivity index (χ2v) is 3.90. The standard InChI is InChI=1S/C9H16N2O4S/c10-16-6-2-5-11-8(13)4-1-3-7(12)9(14)15/h1-6,10H2,(H,11,13)(H,14,15). The van der Waals surface area contributed by atoms with Crippen molar-refractivity contribution in [3.8, 4) is 0 Å². The molecule has 7 heteroatoms. The fraction of sp³-hybridized carbons (Fsp3) is 0.667. The lowest BCUT2D eigenvalue weighted by atomic mass is 10.1. The Bertz CT molecular complexity index is 258. The second kappa shape index (κ2) is 9.17. The lowest BCUT2D eigenvalue weighted by Crippen LogP contribution is -2.25. The second-order valence-electron chi connectivity index (χ2n) is 3.16. The Morgan fingerprint density at radius 3 is 2.44 bits per heavy atom. The van der Waals surface area contributed by atoms with Crippen LogP contribution >= 0.6 is 11.9 Å². The van der Waals surface area contributed by atoms with E-state index in [1.807, 2.05) is 0 Å². The number of hydrogen-bond donors (Lipinski definition) is 3. The fourth-order valence-electron chi connectivity index (χ4n) is 0.988. The van der Waals surface area contributed by atoms with Crippen LogP contribution in [0.15, 0.2) is 0 Å². The zero-order valence-electron chi connectivity index (χ0n) is 8.90. The molecule has 0 aromatic heterocycles. The number of aliphatic carboxylic acids is 1. The van der Waals surface area contributed by atoms with Crippen molar-refractivity contribution in [2.45, 2.75) is 25.7 Å². The number of nitrogens with two attached hydrogens (primary N) is 1. The third kappa shape index (κ3) is 8.25. The minimum absolute atomic E-state index is 0.0958. The van der Waals surface area contributed by atoms with E-state index in [0.29, 0.717) is 6.54 Å². The number of rotatable bonds is 9. The van der Waals surface area contributed by atoms with E-state index in [4.69, 9.17) is 10.2 Å². The molecule has 0 saturated heterocycles. The predicted octanol–water partition coefficient (Wildman–Crippen LogP) is -0.0764. The van der Waals surface area contributed by atoms with E-state index in [1.165, 1.54) is 11.9 Å². The van der Waals surface area contributed by atoms with E-state index in [-0.39, 0.29) is 25.2 Å². The van der Waals surface area contributed by atoms with Crippen molar-refractivity contribution in [1.82, 2.24) is 5.32 Å².